The minimum Gasteiger partial charge on any atom is -0.378 e. The number of carbonyl (C=O) groups is 1. The molecular weight excluding hydrogens is 312 g/mol. The second-order valence-electron chi connectivity index (χ2n) is 8.07. The molecule has 23 heavy (non-hydrogen) atoms. The predicted octanol–water partition coefficient (Wildman–Crippen LogP) is 2.79. The summed E-state index contributed by atoms with van der Waals surface area (Å²) in [5.74, 6) is 0.886. The molecule has 4 nitrogen and oxygen atoms in total. The summed E-state index contributed by atoms with van der Waals surface area (Å²) >= 11 is 0. The van der Waals surface area contributed by atoms with Crippen LogP contribution >= 0.6 is 12.4 Å². The molecule has 2 saturated heterocycles. The van der Waals surface area contributed by atoms with Gasteiger partial charge in [0.1, 0.15) is 0 Å². The van der Waals surface area contributed by atoms with Crippen LogP contribution in [0.3, 0.4) is 0 Å². The summed E-state index contributed by atoms with van der Waals surface area (Å²) in [6.07, 6.45) is 10.9. The van der Waals surface area contributed by atoms with Crippen LogP contribution in [0.1, 0.15) is 64.7 Å². The second-order valence-corrected chi connectivity index (χ2v) is 8.07. The standard InChI is InChI=1S/C18H30N2O2.ClH/c1-2-22-16-11-15(18(16)6-3-7-18)20-17(21)10-12-8-13-4-5-14(9-12)19-13;/h12-16,19H,2-11H2,1H3,(H,20,21);1H. The predicted molar refractivity (Wildman–Crippen MR) is 92.8 cm³/mol. The maximum Gasteiger partial charge on any atom is 0.220 e. The van der Waals surface area contributed by atoms with Gasteiger partial charge in [-0.25, -0.2) is 0 Å². The highest BCUT2D eigenvalue weighted by Crippen LogP contribution is 2.57. The van der Waals surface area contributed by atoms with Crippen LogP contribution in [0.4, 0.5) is 0 Å². The highest BCUT2D eigenvalue weighted by Gasteiger charge is 2.59. The van der Waals surface area contributed by atoms with Gasteiger partial charge in [-0.15, -0.1) is 12.4 Å². The third-order valence-electron chi connectivity index (χ3n) is 6.82. The van der Waals surface area contributed by atoms with Gasteiger partial charge >= 0.3 is 0 Å². The largest absolute Gasteiger partial charge is 0.378 e. The molecule has 5 heteroatoms. The van der Waals surface area contributed by atoms with E-state index < -0.39 is 0 Å². The van der Waals surface area contributed by atoms with Crippen molar-refractivity contribution < 1.29 is 9.53 Å². The lowest BCUT2D eigenvalue weighted by Crippen LogP contribution is -2.67. The van der Waals surface area contributed by atoms with Crippen LogP contribution in [-0.2, 0) is 9.53 Å². The van der Waals surface area contributed by atoms with E-state index in [9.17, 15) is 4.79 Å². The smallest absolute Gasteiger partial charge is 0.220 e. The molecule has 2 bridgehead atoms. The van der Waals surface area contributed by atoms with Gasteiger partial charge in [-0.1, -0.05) is 6.42 Å². The van der Waals surface area contributed by atoms with E-state index in [4.69, 9.17) is 4.74 Å². The maximum absolute atomic E-state index is 12.5. The van der Waals surface area contributed by atoms with E-state index in [1.54, 1.807) is 0 Å². The van der Waals surface area contributed by atoms with Gasteiger partial charge in [-0.2, -0.15) is 0 Å². The summed E-state index contributed by atoms with van der Waals surface area (Å²) in [7, 11) is 0. The molecule has 2 N–H and O–H groups in total. The molecule has 4 aliphatic rings. The van der Waals surface area contributed by atoms with E-state index in [2.05, 4.69) is 17.6 Å². The van der Waals surface area contributed by atoms with Crippen LogP contribution in [-0.4, -0.2) is 36.7 Å². The lowest BCUT2D eigenvalue weighted by Gasteiger charge is -2.61. The van der Waals surface area contributed by atoms with Crippen molar-refractivity contribution in [2.45, 2.75) is 88.9 Å². The van der Waals surface area contributed by atoms with Gasteiger partial charge in [0.15, 0.2) is 0 Å². The molecule has 2 heterocycles. The number of amides is 1. The quantitative estimate of drug-likeness (QED) is 0.807. The van der Waals surface area contributed by atoms with E-state index in [-0.39, 0.29) is 18.3 Å². The molecule has 4 fully saturated rings. The Labute approximate surface area is 145 Å². The molecule has 1 amide bonds. The summed E-state index contributed by atoms with van der Waals surface area (Å²) in [6.45, 7) is 2.87. The van der Waals surface area contributed by atoms with Gasteiger partial charge in [0.2, 0.25) is 5.91 Å². The van der Waals surface area contributed by atoms with Crippen molar-refractivity contribution in [1.29, 1.82) is 0 Å². The summed E-state index contributed by atoms with van der Waals surface area (Å²) in [6, 6.07) is 1.74. The van der Waals surface area contributed by atoms with Gasteiger partial charge in [0.05, 0.1) is 6.10 Å². The number of fused-ring (bicyclic) bond motifs is 2. The first-order valence-corrected chi connectivity index (χ1v) is 9.36. The zero-order valence-corrected chi connectivity index (χ0v) is 15.0. The van der Waals surface area contributed by atoms with Crippen molar-refractivity contribution in [3.63, 3.8) is 0 Å². The summed E-state index contributed by atoms with van der Waals surface area (Å²) in [4.78, 5) is 12.5. The van der Waals surface area contributed by atoms with Gasteiger partial charge < -0.3 is 15.4 Å². The Balaban J connectivity index is 0.00000156. The fourth-order valence-electron chi connectivity index (χ4n) is 5.50. The van der Waals surface area contributed by atoms with E-state index >= 15 is 0 Å². The van der Waals surface area contributed by atoms with Crippen LogP contribution in [0.2, 0.25) is 0 Å². The number of hydrogen-bond acceptors (Lipinski definition) is 3. The molecule has 0 radical (unpaired) electrons. The van der Waals surface area contributed by atoms with Crippen molar-refractivity contribution >= 4 is 18.3 Å². The van der Waals surface area contributed by atoms with Crippen LogP contribution in [0, 0.1) is 11.3 Å². The van der Waals surface area contributed by atoms with Crippen molar-refractivity contribution in [3.05, 3.63) is 0 Å². The Kier molecular flexibility index (Phi) is 5.24. The van der Waals surface area contributed by atoms with E-state index in [0.29, 0.717) is 35.6 Å². The third-order valence-corrected chi connectivity index (χ3v) is 6.82. The molecule has 4 atom stereocenters. The average Bonchev–Trinajstić information content (AvgIpc) is 2.75. The lowest BCUT2D eigenvalue weighted by atomic mass is 9.51. The number of nitrogens with one attached hydrogen (secondary N) is 2. The first-order chi connectivity index (χ1) is 10.7. The van der Waals surface area contributed by atoms with Crippen LogP contribution < -0.4 is 10.6 Å². The van der Waals surface area contributed by atoms with E-state index in [0.717, 1.165) is 19.4 Å². The average molecular weight is 343 g/mol. The number of halogens is 1. The first kappa shape index (κ1) is 17.5. The van der Waals surface area contributed by atoms with E-state index in [1.165, 1.54) is 44.9 Å². The van der Waals surface area contributed by atoms with Crippen molar-refractivity contribution in [2.24, 2.45) is 11.3 Å². The molecule has 132 valence electrons. The van der Waals surface area contributed by atoms with Crippen molar-refractivity contribution in [2.75, 3.05) is 6.61 Å². The Morgan fingerprint density at radius 3 is 2.48 bits per heavy atom. The second kappa shape index (κ2) is 6.89. The monoisotopic (exact) mass is 342 g/mol. The normalized spacial score (nSPS) is 40.0. The molecule has 0 aromatic rings. The molecular formula is C18H31ClN2O2. The SMILES string of the molecule is CCOC1CC(NC(=O)CC2CC3CCC(C2)N3)C12CCC2.Cl. The zero-order valence-electron chi connectivity index (χ0n) is 14.2. The van der Waals surface area contributed by atoms with Gasteiger partial charge in [0.25, 0.3) is 0 Å². The fourth-order valence-corrected chi connectivity index (χ4v) is 5.50. The fraction of sp³-hybridized carbons (Fsp3) is 0.944. The lowest BCUT2D eigenvalue weighted by molar-refractivity contribution is -0.176. The minimum atomic E-state index is 0. The topological polar surface area (TPSA) is 50.4 Å². The Bertz CT molecular complexity index is 429. The molecule has 2 aliphatic carbocycles. The van der Waals surface area contributed by atoms with Crippen molar-refractivity contribution in [3.8, 4) is 0 Å². The molecule has 1 spiro atoms. The van der Waals surface area contributed by atoms with Crippen molar-refractivity contribution in [1.82, 2.24) is 10.6 Å². The first-order valence-electron chi connectivity index (χ1n) is 9.36. The molecule has 4 unspecified atom stereocenters. The van der Waals surface area contributed by atoms with E-state index in [1.807, 2.05) is 0 Å². The summed E-state index contributed by atoms with van der Waals surface area (Å²) in [5, 5.41) is 7.02. The molecule has 2 saturated carbocycles. The van der Waals surface area contributed by atoms with Crippen LogP contribution in [0.25, 0.3) is 0 Å². The van der Waals surface area contributed by atoms with Gasteiger partial charge in [-0.05, 0) is 57.8 Å². The number of carbonyl (C=O) groups excluding carboxylic acids is 1. The summed E-state index contributed by atoms with van der Waals surface area (Å²) < 4.78 is 5.87. The zero-order chi connectivity index (χ0) is 15.2. The number of rotatable bonds is 5. The maximum atomic E-state index is 12.5. The summed E-state index contributed by atoms with van der Waals surface area (Å²) in [5.41, 5.74) is 0.290. The van der Waals surface area contributed by atoms with Crippen LogP contribution in [0.5, 0.6) is 0 Å². The molecule has 4 rings (SSSR count). The van der Waals surface area contributed by atoms with Gasteiger partial charge in [0, 0.05) is 36.6 Å². The molecule has 0 aromatic heterocycles. The minimum absolute atomic E-state index is 0. The van der Waals surface area contributed by atoms with Gasteiger partial charge in [-0.3, -0.25) is 4.79 Å². The number of ether oxygens (including phenoxy) is 1. The number of hydrogen-bond donors (Lipinski definition) is 2. The Morgan fingerprint density at radius 1 is 1.22 bits per heavy atom. The Hall–Kier alpha value is -0.320. The molecule has 2 aliphatic heterocycles. The molecule has 0 aromatic carbocycles. The highest BCUT2D eigenvalue weighted by atomic mass is 35.5. The Morgan fingerprint density at radius 2 is 1.91 bits per heavy atom. The van der Waals surface area contributed by atoms with Crippen LogP contribution in [0.15, 0.2) is 0 Å². The number of piperidine rings is 1. The third kappa shape index (κ3) is 3.14. The highest BCUT2D eigenvalue weighted by molar-refractivity contribution is 5.85.